The molecule has 0 saturated heterocycles. The smallest absolute Gasteiger partial charge is 0.332 e. The number of aromatic nitrogens is 4. The minimum Gasteiger partial charge on any atom is -0.479 e. The van der Waals surface area contributed by atoms with Crippen molar-refractivity contribution in [3.63, 3.8) is 0 Å². The maximum absolute atomic E-state index is 10.2. The number of rotatable bonds is 5. The van der Waals surface area contributed by atoms with Gasteiger partial charge in [-0.1, -0.05) is 0 Å². The van der Waals surface area contributed by atoms with E-state index in [2.05, 4.69) is 15.5 Å². The van der Waals surface area contributed by atoms with Gasteiger partial charge in [-0.05, 0) is 23.3 Å². The maximum atomic E-state index is 10.2. The minimum atomic E-state index is -1.29. The first-order valence-electron chi connectivity index (χ1n) is 3.82. The molecule has 1 unspecified atom stereocenters. The lowest BCUT2D eigenvalue weighted by Crippen LogP contribution is -2.19. The molecule has 0 aliphatic heterocycles. The van der Waals surface area contributed by atoms with Crippen molar-refractivity contribution in [2.24, 2.45) is 0 Å². The molecular formula is C6H10N4O3. The van der Waals surface area contributed by atoms with Gasteiger partial charge >= 0.3 is 5.97 Å². The quantitative estimate of drug-likeness (QED) is 0.605. The SMILES string of the molecule is O=C(O)C(O)CCCn1cnnn1. The van der Waals surface area contributed by atoms with Gasteiger partial charge in [0.25, 0.3) is 0 Å². The molecule has 0 fully saturated rings. The van der Waals surface area contributed by atoms with Gasteiger partial charge in [-0.25, -0.2) is 9.48 Å². The predicted molar refractivity (Wildman–Crippen MR) is 40.7 cm³/mol. The van der Waals surface area contributed by atoms with Crippen LogP contribution in [0.5, 0.6) is 0 Å². The van der Waals surface area contributed by atoms with Crippen molar-refractivity contribution in [1.82, 2.24) is 20.2 Å². The number of aliphatic hydroxyl groups is 1. The second-order valence-electron chi connectivity index (χ2n) is 2.57. The highest BCUT2D eigenvalue weighted by Gasteiger charge is 2.11. The van der Waals surface area contributed by atoms with Crippen molar-refractivity contribution in [2.45, 2.75) is 25.5 Å². The van der Waals surface area contributed by atoms with Crippen molar-refractivity contribution in [3.8, 4) is 0 Å². The minimum absolute atomic E-state index is 0.204. The Kier molecular flexibility index (Phi) is 3.32. The van der Waals surface area contributed by atoms with Gasteiger partial charge < -0.3 is 10.2 Å². The molecule has 0 aliphatic rings. The third kappa shape index (κ3) is 3.16. The van der Waals surface area contributed by atoms with Gasteiger partial charge in [-0.3, -0.25) is 0 Å². The van der Waals surface area contributed by atoms with Gasteiger partial charge in [-0.15, -0.1) is 5.10 Å². The van der Waals surface area contributed by atoms with E-state index >= 15 is 0 Å². The summed E-state index contributed by atoms with van der Waals surface area (Å²) in [5, 5.41) is 27.6. The molecule has 1 rings (SSSR count). The number of carboxylic acid groups (broad SMARTS) is 1. The first kappa shape index (κ1) is 9.59. The summed E-state index contributed by atoms with van der Waals surface area (Å²) in [7, 11) is 0. The molecule has 1 heterocycles. The molecule has 0 aromatic carbocycles. The Balaban J connectivity index is 2.18. The molecule has 0 saturated carbocycles. The molecular weight excluding hydrogens is 176 g/mol. The van der Waals surface area contributed by atoms with Crippen LogP contribution in [0.3, 0.4) is 0 Å². The first-order chi connectivity index (χ1) is 6.20. The monoisotopic (exact) mass is 186 g/mol. The fourth-order valence-corrected chi connectivity index (χ4v) is 0.853. The number of nitrogens with zero attached hydrogens (tertiary/aromatic N) is 4. The van der Waals surface area contributed by atoms with Gasteiger partial charge in [-0.2, -0.15) is 0 Å². The molecule has 0 aliphatic carbocycles. The lowest BCUT2D eigenvalue weighted by Gasteiger charge is -2.03. The van der Waals surface area contributed by atoms with E-state index in [1.165, 1.54) is 11.0 Å². The third-order valence-corrected chi connectivity index (χ3v) is 1.54. The molecule has 13 heavy (non-hydrogen) atoms. The van der Waals surface area contributed by atoms with E-state index in [4.69, 9.17) is 10.2 Å². The van der Waals surface area contributed by atoms with Crippen LogP contribution in [0.4, 0.5) is 0 Å². The van der Waals surface area contributed by atoms with Crippen LogP contribution in [0.25, 0.3) is 0 Å². The van der Waals surface area contributed by atoms with Crippen LogP contribution in [-0.4, -0.2) is 42.5 Å². The van der Waals surface area contributed by atoms with Gasteiger partial charge in [0.2, 0.25) is 0 Å². The number of aliphatic carboxylic acids is 1. The van der Waals surface area contributed by atoms with Gasteiger partial charge in [0, 0.05) is 6.54 Å². The summed E-state index contributed by atoms with van der Waals surface area (Å²) < 4.78 is 1.48. The van der Waals surface area contributed by atoms with E-state index in [1.807, 2.05) is 0 Å². The lowest BCUT2D eigenvalue weighted by molar-refractivity contribution is -0.147. The average molecular weight is 186 g/mol. The normalized spacial score (nSPS) is 12.7. The van der Waals surface area contributed by atoms with Gasteiger partial charge in [0.05, 0.1) is 0 Å². The molecule has 7 nitrogen and oxygen atoms in total. The van der Waals surface area contributed by atoms with Crippen molar-refractivity contribution in [3.05, 3.63) is 6.33 Å². The van der Waals surface area contributed by atoms with E-state index in [1.54, 1.807) is 0 Å². The summed E-state index contributed by atoms with van der Waals surface area (Å²) in [5.41, 5.74) is 0. The van der Waals surface area contributed by atoms with Crippen LogP contribution < -0.4 is 0 Å². The summed E-state index contributed by atoms with van der Waals surface area (Å²) in [6.07, 6.45) is 0.873. The molecule has 1 aromatic rings. The van der Waals surface area contributed by atoms with E-state index < -0.39 is 12.1 Å². The molecule has 0 amide bonds. The Morgan fingerprint density at radius 3 is 2.92 bits per heavy atom. The van der Waals surface area contributed by atoms with Crippen molar-refractivity contribution in [1.29, 1.82) is 0 Å². The topological polar surface area (TPSA) is 101 Å². The van der Waals surface area contributed by atoms with Crippen LogP contribution in [0.1, 0.15) is 12.8 Å². The summed E-state index contributed by atoms with van der Waals surface area (Å²) in [6, 6.07) is 0. The second kappa shape index (κ2) is 4.51. The van der Waals surface area contributed by atoms with Crippen LogP contribution in [-0.2, 0) is 11.3 Å². The Bertz CT molecular complexity index is 261. The highest BCUT2D eigenvalue weighted by Crippen LogP contribution is 1.98. The van der Waals surface area contributed by atoms with E-state index in [9.17, 15) is 4.79 Å². The number of aliphatic hydroxyl groups excluding tert-OH is 1. The highest BCUT2D eigenvalue weighted by molar-refractivity contribution is 5.71. The number of carbonyl (C=O) groups is 1. The van der Waals surface area contributed by atoms with E-state index in [0.717, 1.165) is 0 Å². The van der Waals surface area contributed by atoms with Gasteiger partial charge in [0.1, 0.15) is 6.33 Å². The highest BCUT2D eigenvalue weighted by atomic mass is 16.4. The summed E-state index contributed by atoms with van der Waals surface area (Å²) in [5.74, 6) is -1.20. The fraction of sp³-hybridized carbons (Fsp3) is 0.667. The first-order valence-corrected chi connectivity index (χ1v) is 3.82. The Hall–Kier alpha value is -1.50. The molecule has 7 heteroatoms. The lowest BCUT2D eigenvalue weighted by atomic mass is 10.2. The van der Waals surface area contributed by atoms with Crippen LogP contribution in [0, 0.1) is 0 Å². The molecule has 1 aromatic heterocycles. The maximum Gasteiger partial charge on any atom is 0.332 e. The zero-order chi connectivity index (χ0) is 9.68. The second-order valence-corrected chi connectivity index (χ2v) is 2.57. The molecule has 0 spiro atoms. The summed E-state index contributed by atoms with van der Waals surface area (Å²) in [6.45, 7) is 0.511. The van der Waals surface area contributed by atoms with Gasteiger partial charge in [0.15, 0.2) is 6.10 Å². The van der Waals surface area contributed by atoms with E-state index in [-0.39, 0.29) is 6.42 Å². The van der Waals surface area contributed by atoms with Crippen LogP contribution in [0.15, 0.2) is 6.33 Å². The van der Waals surface area contributed by atoms with Crippen LogP contribution >= 0.6 is 0 Å². The molecule has 2 N–H and O–H groups in total. The van der Waals surface area contributed by atoms with Crippen molar-refractivity contribution >= 4 is 5.97 Å². The average Bonchev–Trinajstić information content (AvgIpc) is 2.56. The zero-order valence-electron chi connectivity index (χ0n) is 6.87. The summed E-state index contributed by atoms with van der Waals surface area (Å²) >= 11 is 0. The van der Waals surface area contributed by atoms with Crippen molar-refractivity contribution < 1.29 is 15.0 Å². The molecule has 1 atom stereocenters. The third-order valence-electron chi connectivity index (χ3n) is 1.54. The number of aryl methyl sites for hydroxylation is 1. The fourth-order valence-electron chi connectivity index (χ4n) is 0.853. The standard InChI is InChI=1S/C6H10N4O3/c11-5(6(12)13)2-1-3-10-4-7-8-9-10/h4-5,11H,1-3H2,(H,12,13). The Morgan fingerprint density at radius 2 is 2.38 bits per heavy atom. The molecule has 0 radical (unpaired) electrons. The van der Waals surface area contributed by atoms with Crippen LogP contribution in [0.2, 0.25) is 0 Å². The largest absolute Gasteiger partial charge is 0.479 e. The Morgan fingerprint density at radius 1 is 1.62 bits per heavy atom. The predicted octanol–water partition coefficient (Wildman–Crippen LogP) is -1.10. The molecule has 0 bridgehead atoms. The number of hydrogen-bond donors (Lipinski definition) is 2. The van der Waals surface area contributed by atoms with Crippen molar-refractivity contribution in [2.75, 3.05) is 0 Å². The van der Waals surface area contributed by atoms with E-state index in [0.29, 0.717) is 13.0 Å². The number of tetrazole rings is 1. The zero-order valence-corrected chi connectivity index (χ0v) is 6.87. The molecule has 72 valence electrons. The number of carboxylic acids is 1. The summed E-state index contributed by atoms with van der Waals surface area (Å²) in [4.78, 5) is 10.2. The Labute approximate surface area is 74.0 Å². The number of hydrogen-bond acceptors (Lipinski definition) is 5.